The second kappa shape index (κ2) is 11.8. The molecule has 0 saturated carbocycles. The van der Waals surface area contributed by atoms with Gasteiger partial charge < -0.3 is 21.2 Å². The molecule has 0 spiro atoms. The third-order valence-corrected chi connectivity index (χ3v) is 5.61. The van der Waals surface area contributed by atoms with Gasteiger partial charge in [-0.15, -0.1) is 23.7 Å². The molecule has 0 aromatic carbocycles. The minimum absolute atomic E-state index is 0. The van der Waals surface area contributed by atoms with Gasteiger partial charge in [0.05, 0.1) is 6.04 Å². The number of aryl methyl sites for hydroxylation is 1. The topological polar surface area (TPSA) is 134 Å². The smallest absolute Gasteiger partial charge is 0.252 e. The maximum absolute atomic E-state index is 12.9. The second-order valence-corrected chi connectivity index (χ2v) is 7.67. The quantitative estimate of drug-likeness (QED) is 0.307. The van der Waals surface area contributed by atoms with Gasteiger partial charge in [-0.25, -0.2) is 0 Å². The van der Waals surface area contributed by atoms with Crippen molar-refractivity contribution in [3.63, 3.8) is 0 Å². The molecule has 2 rings (SSSR count). The Bertz CT molecular complexity index is 670. The molecule has 8 nitrogen and oxygen atoms in total. The summed E-state index contributed by atoms with van der Waals surface area (Å²) < 4.78 is 0. The van der Waals surface area contributed by atoms with Gasteiger partial charge in [0.25, 0.3) is 5.91 Å². The molecule has 0 radical (unpaired) electrons. The number of nitrogens with one attached hydrogen (secondary N) is 1. The lowest BCUT2D eigenvalue weighted by atomic mass is 10.1. The van der Waals surface area contributed by atoms with Crippen molar-refractivity contribution in [2.45, 2.75) is 50.6 Å². The molecule has 1 fully saturated rings. The highest BCUT2D eigenvalue weighted by Gasteiger charge is 2.37. The minimum Gasteiger partial charge on any atom is -0.370 e. The van der Waals surface area contributed by atoms with Crippen LogP contribution in [0.2, 0.25) is 0 Å². The van der Waals surface area contributed by atoms with Crippen molar-refractivity contribution in [2.24, 2.45) is 11.5 Å². The third-order valence-electron chi connectivity index (χ3n) is 4.67. The lowest BCUT2D eigenvalue weighted by molar-refractivity contribution is -0.141. The maximum Gasteiger partial charge on any atom is 0.252 e. The van der Waals surface area contributed by atoms with Gasteiger partial charge in [-0.3, -0.25) is 19.9 Å². The average molecular weight is 430 g/mol. The van der Waals surface area contributed by atoms with Crippen LogP contribution in [0.4, 0.5) is 0 Å². The largest absolute Gasteiger partial charge is 0.370 e. The van der Waals surface area contributed by atoms with E-state index in [9.17, 15) is 14.4 Å². The highest BCUT2D eigenvalue weighted by molar-refractivity contribution is 7.09. The number of halogens is 1. The van der Waals surface area contributed by atoms with Crippen molar-refractivity contribution in [1.82, 2.24) is 9.80 Å². The molecule has 5 N–H and O–H groups in total. The number of nitrogens with zero attached hydrogens (tertiary/aromatic N) is 2. The fourth-order valence-corrected chi connectivity index (χ4v) is 3.94. The SMILES string of the molecule is Cl.N=C(N)N(CCC[C@H](N)C=O)C(=O)[C@@H]1CCCN1C(=O)CCc1cccs1. The lowest BCUT2D eigenvalue weighted by Crippen LogP contribution is -2.52. The molecule has 10 heteroatoms. The number of hydrogen-bond acceptors (Lipinski definition) is 6. The molecule has 0 aliphatic carbocycles. The summed E-state index contributed by atoms with van der Waals surface area (Å²) in [5, 5.41) is 9.68. The zero-order chi connectivity index (χ0) is 19.8. The van der Waals surface area contributed by atoms with E-state index in [1.54, 1.807) is 16.2 Å². The number of aldehydes is 1. The molecule has 2 amide bonds. The van der Waals surface area contributed by atoms with E-state index in [2.05, 4.69) is 0 Å². The number of likely N-dealkylation sites (tertiary alicyclic amines) is 1. The molecule has 2 heterocycles. The predicted molar refractivity (Wildman–Crippen MR) is 112 cm³/mol. The summed E-state index contributed by atoms with van der Waals surface area (Å²) >= 11 is 1.61. The Kier molecular flexibility index (Phi) is 10.1. The van der Waals surface area contributed by atoms with Gasteiger partial charge in [-0.1, -0.05) is 6.07 Å². The second-order valence-electron chi connectivity index (χ2n) is 6.64. The molecule has 0 unspecified atom stereocenters. The van der Waals surface area contributed by atoms with Crippen LogP contribution in [-0.4, -0.2) is 59.0 Å². The summed E-state index contributed by atoms with van der Waals surface area (Å²) in [6, 6.07) is 2.78. The number of carbonyl (C=O) groups excluding carboxylic acids is 3. The molecule has 1 saturated heterocycles. The first-order valence-electron chi connectivity index (χ1n) is 9.12. The maximum atomic E-state index is 12.9. The Balaban J connectivity index is 0.00000392. The molecule has 1 aromatic heterocycles. The first-order chi connectivity index (χ1) is 12.9. The van der Waals surface area contributed by atoms with Crippen molar-refractivity contribution < 1.29 is 14.4 Å². The number of thiophene rings is 1. The molecule has 1 aliphatic heterocycles. The number of guanidine groups is 1. The molecule has 1 aromatic rings. The van der Waals surface area contributed by atoms with E-state index < -0.39 is 12.1 Å². The molecular formula is C18H28ClN5O3S. The Morgan fingerprint density at radius 3 is 2.82 bits per heavy atom. The van der Waals surface area contributed by atoms with Crippen molar-refractivity contribution in [3.05, 3.63) is 22.4 Å². The fourth-order valence-electron chi connectivity index (χ4n) is 3.23. The number of nitrogens with two attached hydrogens (primary N) is 2. The average Bonchev–Trinajstić information content (AvgIpc) is 3.33. The van der Waals surface area contributed by atoms with E-state index in [4.69, 9.17) is 16.9 Å². The summed E-state index contributed by atoms with van der Waals surface area (Å²) in [6.45, 7) is 0.755. The number of hydrogen-bond donors (Lipinski definition) is 3. The summed E-state index contributed by atoms with van der Waals surface area (Å²) in [7, 11) is 0. The highest BCUT2D eigenvalue weighted by Crippen LogP contribution is 2.22. The van der Waals surface area contributed by atoms with E-state index in [0.717, 1.165) is 11.3 Å². The van der Waals surface area contributed by atoms with Crippen LogP contribution in [0.3, 0.4) is 0 Å². The zero-order valence-corrected chi connectivity index (χ0v) is 17.3. The Hall–Kier alpha value is -1.97. The van der Waals surface area contributed by atoms with Crippen molar-refractivity contribution in [1.29, 1.82) is 5.41 Å². The van der Waals surface area contributed by atoms with E-state index >= 15 is 0 Å². The third kappa shape index (κ3) is 6.57. The molecule has 28 heavy (non-hydrogen) atoms. The molecule has 1 aliphatic rings. The molecule has 0 bridgehead atoms. The summed E-state index contributed by atoms with van der Waals surface area (Å²) in [5.74, 6) is -0.729. The predicted octanol–water partition coefficient (Wildman–Crippen LogP) is 1.12. The molecule has 2 atom stereocenters. The number of carbonyl (C=O) groups is 3. The monoisotopic (exact) mass is 429 g/mol. The van der Waals surface area contributed by atoms with Crippen LogP contribution in [-0.2, 0) is 20.8 Å². The highest BCUT2D eigenvalue weighted by atomic mass is 35.5. The van der Waals surface area contributed by atoms with Gasteiger partial charge in [0.1, 0.15) is 12.3 Å². The van der Waals surface area contributed by atoms with Gasteiger partial charge in [-0.05, 0) is 43.6 Å². The first-order valence-corrected chi connectivity index (χ1v) is 10.00. The van der Waals surface area contributed by atoms with Crippen molar-refractivity contribution >= 4 is 47.8 Å². The van der Waals surface area contributed by atoms with Crippen molar-refractivity contribution in [2.75, 3.05) is 13.1 Å². The van der Waals surface area contributed by atoms with Crippen LogP contribution in [0.5, 0.6) is 0 Å². The Morgan fingerprint density at radius 1 is 1.46 bits per heavy atom. The first kappa shape index (κ1) is 24.1. The van der Waals surface area contributed by atoms with Gasteiger partial charge in [0.15, 0.2) is 5.96 Å². The van der Waals surface area contributed by atoms with Gasteiger partial charge >= 0.3 is 0 Å². The summed E-state index contributed by atoms with van der Waals surface area (Å²) in [4.78, 5) is 40.1. The normalized spacial score (nSPS) is 16.9. The van der Waals surface area contributed by atoms with E-state index in [0.29, 0.717) is 44.9 Å². The van der Waals surface area contributed by atoms with Crippen LogP contribution >= 0.6 is 23.7 Å². The zero-order valence-electron chi connectivity index (χ0n) is 15.7. The number of rotatable bonds is 9. The van der Waals surface area contributed by atoms with Gasteiger partial charge in [-0.2, -0.15) is 0 Å². The lowest BCUT2D eigenvalue weighted by Gasteiger charge is -2.29. The fraction of sp³-hybridized carbons (Fsp3) is 0.556. The standard InChI is InChI=1S/C18H27N5O3S.ClH/c19-13(12-24)4-1-10-23(18(20)21)17(26)15-6-2-9-22(15)16(25)8-7-14-5-3-11-27-14;/h3,5,11-13,15H,1-2,4,6-10,19H2,(H3,20,21);1H/t13-,15-;/m0./s1. The Morgan fingerprint density at radius 2 is 2.21 bits per heavy atom. The number of amides is 2. The molecular weight excluding hydrogens is 402 g/mol. The van der Waals surface area contributed by atoms with Crippen LogP contribution < -0.4 is 11.5 Å². The van der Waals surface area contributed by atoms with Crippen LogP contribution in [0, 0.1) is 5.41 Å². The van der Waals surface area contributed by atoms with Gasteiger partial charge in [0.2, 0.25) is 5.91 Å². The molecule has 156 valence electrons. The van der Waals surface area contributed by atoms with E-state index in [1.165, 1.54) is 4.90 Å². The Labute approximate surface area is 175 Å². The van der Waals surface area contributed by atoms with Crippen LogP contribution in [0.15, 0.2) is 17.5 Å². The summed E-state index contributed by atoms with van der Waals surface area (Å²) in [5.41, 5.74) is 11.1. The summed E-state index contributed by atoms with van der Waals surface area (Å²) in [6.07, 6.45) is 3.88. The van der Waals surface area contributed by atoms with E-state index in [-0.39, 0.29) is 36.7 Å². The van der Waals surface area contributed by atoms with Crippen LogP contribution in [0.1, 0.15) is 37.0 Å². The van der Waals surface area contributed by atoms with Crippen LogP contribution in [0.25, 0.3) is 0 Å². The van der Waals surface area contributed by atoms with E-state index in [1.807, 2.05) is 17.5 Å². The minimum atomic E-state index is -0.587. The van der Waals surface area contributed by atoms with Gasteiger partial charge in [0, 0.05) is 24.4 Å². The van der Waals surface area contributed by atoms with Crippen molar-refractivity contribution in [3.8, 4) is 0 Å².